The average molecular weight is 280 g/mol. The Morgan fingerprint density at radius 3 is 3.16 bits per heavy atom. The van der Waals surface area contributed by atoms with Crippen LogP contribution in [0.4, 0.5) is 5.13 Å². The smallest absolute Gasteiger partial charge is 0.309 e. The number of carboxylic acid groups (broad SMARTS) is 1. The van der Waals surface area contributed by atoms with E-state index < -0.39 is 5.97 Å². The highest BCUT2D eigenvalue weighted by Crippen LogP contribution is 2.18. The minimum atomic E-state index is -0.859. The zero-order valence-electron chi connectivity index (χ0n) is 10.6. The highest BCUT2D eigenvalue weighted by atomic mass is 32.1. The van der Waals surface area contributed by atoms with Crippen LogP contribution in [0, 0.1) is 0 Å². The van der Waals surface area contributed by atoms with Gasteiger partial charge in [0.05, 0.1) is 18.4 Å². The summed E-state index contributed by atoms with van der Waals surface area (Å²) < 4.78 is 5.28. The van der Waals surface area contributed by atoms with E-state index in [0.29, 0.717) is 5.69 Å². The minimum Gasteiger partial charge on any atom is -0.481 e. The van der Waals surface area contributed by atoms with Crippen molar-refractivity contribution in [3.8, 4) is 0 Å². The second-order valence-electron chi connectivity index (χ2n) is 4.38. The highest BCUT2D eigenvalue weighted by molar-refractivity contribution is 7.13. The molecular formula is C13H16N2O3S. The van der Waals surface area contributed by atoms with E-state index in [4.69, 9.17) is 9.52 Å². The van der Waals surface area contributed by atoms with E-state index in [-0.39, 0.29) is 12.5 Å². The van der Waals surface area contributed by atoms with Gasteiger partial charge in [0.25, 0.3) is 0 Å². The molecule has 5 nitrogen and oxygen atoms in total. The van der Waals surface area contributed by atoms with Crippen LogP contribution < -0.4 is 5.32 Å². The van der Waals surface area contributed by atoms with Crippen molar-refractivity contribution >= 4 is 22.4 Å². The van der Waals surface area contributed by atoms with Gasteiger partial charge in [-0.25, -0.2) is 4.98 Å². The minimum absolute atomic E-state index is 0.0288. The normalized spacial score (nSPS) is 12.3. The summed E-state index contributed by atoms with van der Waals surface area (Å²) in [7, 11) is 0. The Bertz CT molecular complexity index is 522. The molecule has 0 amide bonds. The maximum Gasteiger partial charge on any atom is 0.309 e. The van der Waals surface area contributed by atoms with Crippen LogP contribution in [-0.2, 0) is 17.6 Å². The topological polar surface area (TPSA) is 75.4 Å². The number of nitrogens with zero attached hydrogens (tertiary/aromatic N) is 1. The number of nitrogens with one attached hydrogen (secondary N) is 1. The predicted molar refractivity (Wildman–Crippen MR) is 73.6 cm³/mol. The molecule has 0 fully saturated rings. The number of aliphatic carboxylic acids is 1. The van der Waals surface area contributed by atoms with Crippen LogP contribution in [0.2, 0.25) is 0 Å². The quantitative estimate of drug-likeness (QED) is 0.815. The summed E-state index contributed by atoms with van der Waals surface area (Å²) in [5, 5.41) is 14.5. The number of anilines is 1. The van der Waals surface area contributed by atoms with Gasteiger partial charge in [-0.05, 0) is 25.5 Å². The molecule has 102 valence electrons. The SMILES string of the molecule is CC(CCc1ccco1)Nc1nc(CC(=O)O)cs1. The van der Waals surface area contributed by atoms with Crippen molar-refractivity contribution in [2.24, 2.45) is 0 Å². The van der Waals surface area contributed by atoms with E-state index in [0.717, 1.165) is 23.7 Å². The van der Waals surface area contributed by atoms with Gasteiger partial charge in [-0.15, -0.1) is 11.3 Å². The lowest BCUT2D eigenvalue weighted by molar-refractivity contribution is -0.136. The van der Waals surface area contributed by atoms with Gasteiger partial charge in [0.1, 0.15) is 5.76 Å². The third-order valence-electron chi connectivity index (χ3n) is 2.66. The maximum atomic E-state index is 10.6. The first-order valence-corrected chi connectivity index (χ1v) is 6.96. The van der Waals surface area contributed by atoms with Gasteiger partial charge in [-0.1, -0.05) is 0 Å². The Morgan fingerprint density at radius 2 is 2.47 bits per heavy atom. The summed E-state index contributed by atoms with van der Waals surface area (Å²) in [4.78, 5) is 14.8. The number of carboxylic acids is 1. The monoisotopic (exact) mass is 280 g/mol. The molecule has 0 saturated carbocycles. The second kappa shape index (κ2) is 6.38. The van der Waals surface area contributed by atoms with Crippen LogP contribution in [0.5, 0.6) is 0 Å². The van der Waals surface area contributed by atoms with Crippen LogP contribution in [-0.4, -0.2) is 22.1 Å². The number of aryl methyl sites for hydroxylation is 1. The third kappa shape index (κ3) is 4.40. The standard InChI is InChI=1S/C13H16N2O3S/c1-9(4-5-11-3-2-6-18-11)14-13-15-10(8-19-13)7-12(16)17/h2-3,6,8-9H,4-5,7H2,1H3,(H,14,15)(H,16,17). The lowest BCUT2D eigenvalue weighted by atomic mass is 10.1. The van der Waals surface area contributed by atoms with E-state index in [1.165, 1.54) is 11.3 Å². The lowest BCUT2D eigenvalue weighted by Crippen LogP contribution is -2.15. The molecule has 0 radical (unpaired) electrons. The van der Waals surface area contributed by atoms with Crippen molar-refractivity contribution < 1.29 is 14.3 Å². The summed E-state index contributed by atoms with van der Waals surface area (Å²) in [6.07, 6.45) is 3.45. The van der Waals surface area contributed by atoms with E-state index in [2.05, 4.69) is 17.2 Å². The first-order valence-electron chi connectivity index (χ1n) is 6.08. The van der Waals surface area contributed by atoms with Crippen LogP contribution >= 0.6 is 11.3 Å². The van der Waals surface area contributed by atoms with Crippen molar-refractivity contribution in [2.75, 3.05) is 5.32 Å². The van der Waals surface area contributed by atoms with E-state index >= 15 is 0 Å². The molecule has 0 bridgehead atoms. The molecule has 2 aromatic heterocycles. The summed E-state index contributed by atoms with van der Waals surface area (Å²) in [6, 6.07) is 4.10. The number of carbonyl (C=O) groups is 1. The first kappa shape index (κ1) is 13.6. The molecule has 0 aliphatic carbocycles. The summed E-state index contributed by atoms with van der Waals surface area (Å²) in [5.74, 6) is 0.113. The van der Waals surface area contributed by atoms with Gasteiger partial charge in [0, 0.05) is 17.8 Å². The molecule has 6 heteroatoms. The number of furan rings is 1. The number of rotatable bonds is 7. The van der Waals surface area contributed by atoms with Gasteiger partial charge in [0.2, 0.25) is 0 Å². The Hall–Kier alpha value is -1.82. The first-order chi connectivity index (χ1) is 9.13. The number of thiazole rings is 1. The van der Waals surface area contributed by atoms with E-state index in [1.807, 2.05) is 12.1 Å². The fourth-order valence-corrected chi connectivity index (χ4v) is 2.53. The van der Waals surface area contributed by atoms with Crippen molar-refractivity contribution in [3.63, 3.8) is 0 Å². The Morgan fingerprint density at radius 1 is 1.63 bits per heavy atom. The van der Waals surface area contributed by atoms with Crippen molar-refractivity contribution in [3.05, 3.63) is 35.2 Å². The van der Waals surface area contributed by atoms with E-state index in [1.54, 1.807) is 11.6 Å². The second-order valence-corrected chi connectivity index (χ2v) is 5.24. The largest absolute Gasteiger partial charge is 0.481 e. The van der Waals surface area contributed by atoms with Crippen LogP contribution in [0.15, 0.2) is 28.2 Å². The molecule has 1 unspecified atom stereocenters. The fourth-order valence-electron chi connectivity index (χ4n) is 1.71. The zero-order valence-corrected chi connectivity index (χ0v) is 11.4. The molecule has 2 N–H and O–H groups in total. The Labute approximate surface area is 115 Å². The molecule has 0 aliphatic heterocycles. The third-order valence-corrected chi connectivity index (χ3v) is 3.48. The maximum absolute atomic E-state index is 10.6. The predicted octanol–water partition coefficient (Wildman–Crippen LogP) is 2.80. The molecule has 2 heterocycles. The van der Waals surface area contributed by atoms with Gasteiger partial charge >= 0.3 is 5.97 Å². The summed E-state index contributed by atoms with van der Waals surface area (Å²) in [5.41, 5.74) is 0.596. The van der Waals surface area contributed by atoms with Gasteiger partial charge in [-0.2, -0.15) is 0 Å². The molecule has 0 aromatic carbocycles. The summed E-state index contributed by atoms with van der Waals surface area (Å²) in [6.45, 7) is 2.07. The van der Waals surface area contributed by atoms with Gasteiger partial charge in [0.15, 0.2) is 5.13 Å². The lowest BCUT2D eigenvalue weighted by Gasteiger charge is -2.11. The molecule has 0 aliphatic rings. The Balaban J connectivity index is 1.79. The summed E-state index contributed by atoms with van der Waals surface area (Å²) >= 11 is 1.43. The Kier molecular flexibility index (Phi) is 4.57. The van der Waals surface area contributed by atoms with Crippen molar-refractivity contribution in [2.45, 2.75) is 32.2 Å². The van der Waals surface area contributed by atoms with E-state index in [9.17, 15) is 4.79 Å². The van der Waals surface area contributed by atoms with Gasteiger partial charge < -0.3 is 14.8 Å². The van der Waals surface area contributed by atoms with Crippen LogP contribution in [0.3, 0.4) is 0 Å². The molecule has 2 rings (SSSR count). The van der Waals surface area contributed by atoms with Gasteiger partial charge in [-0.3, -0.25) is 4.79 Å². The number of hydrogen-bond donors (Lipinski definition) is 2. The molecule has 1 atom stereocenters. The van der Waals surface area contributed by atoms with Crippen molar-refractivity contribution in [1.29, 1.82) is 0 Å². The molecule has 2 aromatic rings. The molecular weight excluding hydrogens is 264 g/mol. The van der Waals surface area contributed by atoms with Crippen LogP contribution in [0.1, 0.15) is 24.8 Å². The highest BCUT2D eigenvalue weighted by Gasteiger charge is 2.09. The zero-order chi connectivity index (χ0) is 13.7. The van der Waals surface area contributed by atoms with Crippen LogP contribution in [0.25, 0.3) is 0 Å². The fraction of sp³-hybridized carbons (Fsp3) is 0.385. The molecule has 19 heavy (non-hydrogen) atoms. The molecule has 0 spiro atoms. The van der Waals surface area contributed by atoms with Crippen molar-refractivity contribution in [1.82, 2.24) is 4.98 Å². The average Bonchev–Trinajstić information content (AvgIpc) is 2.97. The number of hydrogen-bond acceptors (Lipinski definition) is 5. The molecule has 0 saturated heterocycles. The number of aromatic nitrogens is 1.